The molecule has 2 atom stereocenters. The quantitative estimate of drug-likeness (QED) is 0.749. The van der Waals surface area contributed by atoms with E-state index in [1.807, 2.05) is 0 Å². The molecule has 0 aliphatic carbocycles. The van der Waals surface area contributed by atoms with Crippen molar-refractivity contribution in [2.45, 2.75) is 25.5 Å². The molecule has 3 nitrogen and oxygen atoms in total. The van der Waals surface area contributed by atoms with Crippen molar-refractivity contribution in [2.24, 2.45) is 0 Å². The van der Waals surface area contributed by atoms with Crippen LogP contribution in [0.2, 0.25) is 0 Å². The first kappa shape index (κ1) is 12.6. The number of nitrogens with one attached hydrogen (secondary N) is 1. The molecule has 1 rings (SSSR count). The molecule has 0 aromatic carbocycles. The number of ether oxygens (including phenoxy) is 1. The Bertz CT molecular complexity index is 251. The molecule has 1 aromatic rings. The summed E-state index contributed by atoms with van der Waals surface area (Å²) in [5.74, 6) is 0. The monoisotopic (exact) mass is 229 g/mol. The number of aliphatic hydroxyl groups is 1. The maximum Gasteiger partial charge on any atom is 0.0785 e. The van der Waals surface area contributed by atoms with E-state index in [1.165, 1.54) is 5.56 Å². The van der Waals surface area contributed by atoms with E-state index in [4.69, 9.17) is 4.74 Å². The van der Waals surface area contributed by atoms with E-state index < -0.39 is 0 Å². The number of rotatable bonds is 7. The summed E-state index contributed by atoms with van der Waals surface area (Å²) in [4.78, 5) is 0. The molecule has 4 heteroatoms. The van der Waals surface area contributed by atoms with Crippen molar-refractivity contribution in [2.75, 3.05) is 20.3 Å². The highest BCUT2D eigenvalue weighted by Crippen LogP contribution is 2.15. The number of methoxy groups -OCH3 is 1. The van der Waals surface area contributed by atoms with Crippen molar-refractivity contribution in [1.82, 2.24) is 5.32 Å². The largest absolute Gasteiger partial charge is 0.391 e. The molecule has 2 N–H and O–H groups in total. The first-order chi connectivity index (χ1) is 7.24. The summed E-state index contributed by atoms with van der Waals surface area (Å²) in [5, 5.41) is 17.0. The van der Waals surface area contributed by atoms with Gasteiger partial charge in [-0.05, 0) is 42.3 Å². The van der Waals surface area contributed by atoms with Gasteiger partial charge in [0.2, 0.25) is 0 Å². The lowest BCUT2D eigenvalue weighted by molar-refractivity contribution is 0.0590. The minimum absolute atomic E-state index is 0.353. The average molecular weight is 229 g/mol. The lowest BCUT2D eigenvalue weighted by Crippen LogP contribution is -2.25. The molecule has 86 valence electrons. The first-order valence-corrected chi connectivity index (χ1v) is 6.10. The Morgan fingerprint density at radius 1 is 1.60 bits per heavy atom. The van der Waals surface area contributed by atoms with Crippen LogP contribution in [0, 0.1) is 0 Å². The van der Waals surface area contributed by atoms with Crippen molar-refractivity contribution in [3.63, 3.8) is 0 Å². The fraction of sp³-hybridized carbons (Fsp3) is 0.636. The van der Waals surface area contributed by atoms with Gasteiger partial charge >= 0.3 is 0 Å². The van der Waals surface area contributed by atoms with Crippen molar-refractivity contribution >= 4 is 11.3 Å². The summed E-state index contributed by atoms with van der Waals surface area (Å²) >= 11 is 1.71. The van der Waals surface area contributed by atoms with Crippen molar-refractivity contribution < 1.29 is 9.84 Å². The Labute approximate surface area is 95.1 Å². The van der Waals surface area contributed by atoms with Gasteiger partial charge in [-0.15, -0.1) is 0 Å². The molecule has 1 heterocycles. The van der Waals surface area contributed by atoms with Crippen LogP contribution in [-0.2, 0) is 4.74 Å². The maximum absolute atomic E-state index is 9.43. The third kappa shape index (κ3) is 4.75. The summed E-state index contributed by atoms with van der Waals surface area (Å²) in [7, 11) is 1.60. The van der Waals surface area contributed by atoms with Gasteiger partial charge in [0.1, 0.15) is 0 Å². The van der Waals surface area contributed by atoms with E-state index in [0.29, 0.717) is 12.6 Å². The maximum atomic E-state index is 9.43. The van der Waals surface area contributed by atoms with Crippen LogP contribution in [0.15, 0.2) is 16.8 Å². The number of aliphatic hydroxyl groups excluding tert-OH is 1. The lowest BCUT2D eigenvalue weighted by Gasteiger charge is -2.14. The lowest BCUT2D eigenvalue weighted by atomic mass is 10.1. The molecule has 0 saturated carbocycles. The minimum atomic E-state index is -0.364. The summed E-state index contributed by atoms with van der Waals surface area (Å²) in [6.45, 7) is 3.35. The van der Waals surface area contributed by atoms with E-state index in [1.54, 1.807) is 18.4 Å². The van der Waals surface area contributed by atoms with Gasteiger partial charge in [0.05, 0.1) is 12.7 Å². The van der Waals surface area contributed by atoms with E-state index in [9.17, 15) is 5.11 Å². The SMILES string of the molecule is COCC(O)CCNC(C)c1ccsc1. The molecular formula is C11H19NO2S. The average Bonchev–Trinajstić information content (AvgIpc) is 2.70. The van der Waals surface area contributed by atoms with Crippen LogP contribution in [0.3, 0.4) is 0 Å². The van der Waals surface area contributed by atoms with Crippen LogP contribution >= 0.6 is 11.3 Å². The molecule has 0 aliphatic rings. The zero-order chi connectivity index (χ0) is 11.1. The highest BCUT2D eigenvalue weighted by atomic mass is 32.1. The van der Waals surface area contributed by atoms with E-state index in [2.05, 4.69) is 29.1 Å². The first-order valence-electron chi connectivity index (χ1n) is 5.16. The molecule has 0 bridgehead atoms. The Kier molecular flexibility index (Phi) is 5.86. The molecule has 0 spiro atoms. The molecule has 0 aliphatic heterocycles. The Morgan fingerprint density at radius 3 is 3.00 bits per heavy atom. The van der Waals surface area contributed by atoms with Gasteiger partial charge in [-0.2, -0.15) is 11.3 Å². The Morgan fingerprint density at radius 2 is 2.40 bits per heavy atom. The summed E-state index contributed by atoms with van der Waals surface area (Å²) in [6.07, 6.45) is 0.361. The topological polar surface area (TPSA) is 41.5 Å². The normalized spacial score (nSPS) is 15.1. The van der Waals surface area contributed by atoms with Gasteiger partial charge < -0.3 is 15.2 Å². The molecule has 2 unspecified atom stereocenters. The molecule has 15 heavy (non-hydrogen) atoms. The second kappa shape index (κ2) is 6.95. The van der Waals surface area contributed by atoms with E-state index in [-0.39, 0.29) is 6.10 Å². The van der Waals surface area contributed by atoms with Crippen LogP contribution < -0.4 is 5.32 Å². The van der Waals surface area contributed by atoms with Crippen molar-refractivity contribution in [3.8, 4) is 0 Å². The zero-order valence-corrected chi connectivity index (χ0v) is 10.1. The van der Waals surface area contributed by atoms with Gasteiger partial charge in [-0.1, -0.05) is 0 Å². The Hall–Kier alpha value is -0.420. The molecule has 0 amide bonds. The molecule has 0 fully saturated rings. The third-order valence-electron chi connectivity index (χ3n) is 2.33. The fourth-order valence-electron chi connectivity index (χ4n) is 1.38. The fourth-order valence-corrected chi connectivity index (χ4v) is 2.14. The molecule has 1 aromatic heterocycles. The van der Waals surface area contributed by atoms with Crippen molar-refractivity contribution in [3.05, 3.63) is 22.4 Å². The highest BCUT2D eigenvalue weighted by molar-refractivity contribution is 7.07. The summed E-state index contributed by atoms with van der Waals surface area (Å²) < 4.78 is 4.86. The van der Waals surface area contributed by atoms with E-state index >= 15 is 0 Å². The second-order valence-electron chi connectivity index (χ2n) is 3.63. The number of thiophene rings is 1. The van der Waals surface area contributed by atoms with Crippen LogP contribution in [0.1, 0.15) is 24.9 Å². The van der Waals surface area contributed by atoms with E-state index in [0.717, 1.165) is 13.0 Å². The van der Waals surface area contributed by atoms with Crippen LogP contribution in [0.5, 0.6) is 0 Å². The smallest absolute Gasteiger partial charge is 0.0785 e. The molecule has 0 saturated heterocycles. The molecular weight excluding hydrogens is 210 g/mol. The third-order valence-corrected chi connectivity index (χ3v) is 3.03. The Balaban J connectivity index is 2.15. The second-order valence-corrected chi connectivity index (χ2v) is 4.41. The van der Waals surface area contributed by atoms with Gasteiger partial charge in [0, 0.05) is 13.2 Å². The minimum Gasteiger partial charge on any atom is -0.391 e. The number of hydrogen-bond donors (Lipinski definition) is 2. The molecule has 0 radical (unpaired) electrons. The summed E-state index contributed by atoms with van der Waals surface area (Å²) in [5.41, 5.74) is 1.31. The highest BCUT2D eigenvalue weighted by Gasteiger charge is 2.06. The van der Waals surface area contributed by atoms with Crippen molar-refractivity contribution in [1.29, 1.82) is 0 Å². The van der Waals surface area contributed by atoms with Crippen LogP contribution in [0.25, 0.3) is 0 Å². The standard InChI is InChI=1S/C11H19NO2S/c1-9(10-4-6-15-8-10)12-5-3-11(13)7-14-2/h4,6,8-9,11-13H,3,5,7H2,1-2H3. The predicted octanol–water partition coefficient (Wildman–Crippen LogP) is 1.80. The van der Waals surface area contributed by atoms with Gasteiger partial charge in [0.15, 0.2) is 0 Å². The van der Waals surface area contributed by atoms with Gasteiger partial charge in [0.25, 0.3) is 0 Å². The predicted molar refractivity (Wildman–Crippen MR) is 63.2 cm³/mol. The van der Waals surface area contributed by atoms with Gasteiger partial charge in [-0.3, -0.25) is 0 Å². The van der Waals surface area contributed by atoms with Crippen LogP contribution in [-0.4, -0.2) is 31.5 Å². The number of hydrogen-bond acceptors (Lipinski definition) is 4. The van der Waals surface area contributed by atoms with Crippen LogP contribution in [0.4, 0.5) is 0 Å². The van der Waals surface area contributed by atoms with Gasteiger partial charge in [-0.25, -0.2) is 0 Å². The summed E-state index contributed by atoms with van der Waals surface area (Å²) in [6, 6.07) is 2.47. The zero-order valence-electron chi connectivity index (χ0n) is 9.27.